The van der Waals surface area contributed by atoms with E-state index in [-0.39, 0.29) is 12.7 Å². The van der Waals surface area contributed by atoms with Gasteiger partial charge in [0.1, 0.15) is 11.6 Å². The fourth-order valence-electron chi connectivity index (χ4n) is 2.56. The van der Waals surface area contributed by atoms with Crippen LogP contribution >= 0.6 is 0 Å². The van der Waals surface area contributed by atoms with Crippen molar-refractivity contribution in [1.29, 1.82) is 0 Å². The molecule has 0 unspecified atom stereocenters. The molecule has 0 fully saturated rings. The molecule has 5 heteroatoms. The molecule has 0 aliphatic carbocycles. The minimum absolute atomic E-state index is 0.261. The van der Waals surface area contributed by atoms with Crippen LogP contribution in [0.15, 0.2) is 42.5 Å². The van der Waals surface area contributed by atoms with E-state index in [0.29, 0.717) is 0 Å². The first kappa shape index (κ1) is 13.8. The Morgan fingerprint density at radius 1 is 1.00 bits per heavy atom. The Morgan fingerprint density at radius 3 is 2.70 bits per heavy atom. The van der Waals surface area contributed by atoms with Gasteiger partial charge in [-0.3, -0.25) is 0 Å². The van der Waals surface area contributed by atoms with E-state index in [2.05, 4.69) is 24.1 Å². The first-order valence-corrected chi connectivity index (χ1v) is 7.64. The molecule has 3 aromatic rings. The maximum Gasteiger partial charge on any atom is 0.231 e. The predicted octanol–water partition coefficient (Wildman–Crippen LogP) is 4.23. The van der Waals surface area contributed by atoms with E-state index in [1.54, 1.807) is 0 Å². The van der Waals surface area contributed by atoms with Crippen LogP contribution in [-0.2, 0) is 0 Å². The number of nitrogens with one attached hydrogen (secondary N) is 1. The molecular weight excluding hydrogens is 290 g/mol. The van der Waals surface area contributed by atoms with E-state index < -0.39 is 0 Å². The average molecular weight is 307 g/mol. The van der Waals surface area contributed by atoms with Gasteiger partial charge in [-0.05, 0) is 24.3 Å². The topological polar surface area (TPSA) is 56.3 Å². The predicted molar refractivity (Wildman–Crippen MR) is 89.5 cm³/mol. The van der Waals surface area contributed by atoms with Gasteiger partial charge < -0.3 is 14.8 Å². The molecule has 0 bridgehead atoms. The molecule has 1 N–H and O–H groups in total. The molecule has 1 aliphatic heterocycles. The molecule has 0 saturated heterocycles. The molecule has 0 atom stereocenters. The van der Waals surface area contributed by atoms with Crippen LogP contribution in [-0.4, -0.2) is 16.8 Å². The van der Waals surface area contributed by atoms with Crippen molar-refractivity contribution in [3.8, 4) is 11.5 Å². The molecule has 0 amide bonds. The summed E-state index contributed by atoms with van der Waals surface area (Å²) in [7, 11) is 0. The maximum absolute atomic E-state index is 5.43. The molecule has 1 aromatic heterocycles. The summed E-state index contributed by atoms with van der Waals surface area (Å²) in [6, 6.07) is 13.8. The summed E-state index contributed by atoms with van der Waals surface area (Å²) in [6.07, 6.45) is 0. The fourth-order valence-corrected chi connectivity index (χ4v) is 2.56. The van der Waals surface area contributed by atoms with Gasteiger partial charge in [-0.1, -0.05) is 26.0 Å². The number of hydrogen-bond donors (Lipinski definition) is 1. The van der Waals surface area contributed by atoms with Crippen molar-refractivity contribution in [2.45, 2.75) is 19.8 Å². The van der Waals surface area contributed by atoms with Crippen molar-refractivity contribution in [1.82, 2.24) is 9.97 Å². The highest BCUT2D eigenvalue weighted by molar-refractivity contribution is 5.90. The van der Waals surface area contributed by atoms with E-state index >= 15 is 0 Å². The largest absolute Gasteiger partial charge is 0.454 e. The van der Waals surface area contributed by atoms with Crippen LogP contribution in [0.2, 0.25) is 0 Å². The zero-order valence-electron chi connectivity index (χ0n) is 13.0. The lowest BCUT2D eigenvalue weighted by atomic mass is 10.1. The van der Waals surface area contributed by atoms with E-state index in [1.165, 1.54) is 0 Å². The smallest absolute Gasteiger partial charge is 0.231 e. The summed E-state index contributed by atoms with van der Waals surface area (Å²) < 4.78 is 10.8. The van der Waals surface area contributed by atoms with Crippen LogP contribution in [0.3, 0.4) is 0 Å². The molecule has 4 rings (SSSR count). The van der Waals surface area contributed by atoms with E-state index in [4.69, 9.17) is 14.5 Å². The Bertz CT molecular complexity index is 877. The van der Waals surface area contributed by atoms with E-state index in [0.717, 1.165) is 39.7 Å². The third kappa shape index (κ3) is 2.54. The molecule has 0 spiro atoms. The highest BCUT2D eigenvalue weighted by Crippen LogP contribution is 2.35. The van der Waals surface area contributed by atoms with Gasteiger partial charge in [0.25, 0.3) is 0 Å². The number of anilines is 2. The normalized spacial score (nSPS) is 12.8. The Kier molecular flexibility index (Phi) is 3.26. The number of aromatic nitrogens is 2. The van der Waals surface area contributed by atoms with E-state index in [1.807, 2.05) is 42.5 Å². The molecule has 2 heterocycles. The lowest BCUT2D eigenvalue weighted by Gasteiger charge is -2.12. The lowest BCUT2D eigenvalue weighted by molar-refractivity contribution is 0.174. The fraction of sp³-hybridized carbons (Fsp3) is 0.222. The number of hydrogen-bond acceptors (Lipinski definition) is 5. The number of fused-ring (bicyclic) bond motifs is 2. The van der Waals surface area contributed by atoms with Crippen molar-refractivity contribution < 1.29 is 9.47 Å². The summed E-state index contributed by atoms with van der Waals surface area (Å²) in [6.45, 7) is 4.45. The quantitative estimate of drug-likeness (QED) is 0.785. The van der Waals surface area contributed by atoms with Gasteiger partial charge in [-0.15, -0.1) is 0 Å². The van der Waals surface area contributed by atoms with Crippen LogP contribution in [0.25, 0.3) is 10.9 Å². The molecule has 0 saturated carbocycles. The molecule has 1 aliphatic rings. The van der Waals surface area contributed by atoms with Crippen molar-refractivity contribution in [2.75, 3.05) is 12.1 Å². The molecule has 23 heavy (non-hydrogen) atoms. The number of para-hydroxylation sites is 1. The second-order valence-electron chi connectivity index (χ2n) is 5.80. The average Bonchev–Trinajstić information content (AvgIpc) is 3.02. The summed E-state index contributed by atoms with van der Waals surface area (Å²) in [5.41, 5.74) is 1.85. The van der Waals surface area contributed by atoms with Gasteiger partial charge in [0.15, 0.2) is 11.5 Å². The second-order valence-corrected chi connectivity index (χ2v) is 5.80. The van der Waals surface area contributed by atoms with Crippen LogP contribution in [0, 0.1) is 0 Å². The molecule has 116 valence electrons. The minimum atomic E-state index is 0.261. The number of ether oxygens (including phenoxy) is 2. The number of nitrogens with zero attached hydrogens (tertiary/aromatic N) is 2. The van der Waals surface area contributed by atoms with Gasteiger partial charge >= 0.3 is 0 Å². The minimum Gasteiger partial charge on any atom is -0.454 e. The van der Waals surface area contributed by atoms with Gasteiger partial charge in [0.2, 0.25) is 6.79 Å². The monoisotopic (exact) mass is 307 g/mol. The summed E-state index contributed by atoms with van der Waals surface area (Å²) >= 11 is 0. The van der Waals surface area contributed by atoms with Crippen LogP contribution in [0.1, 0.15) is 25.6 Å². The van der Waals surface area contributed by atoms with Crippen molar-refractivity contribution >= 4 is 22.4 Å². The summed E-state index contributed by atoms with van der Waals surface area (Å²) in [4.78, 5) is 9.33. The highest BCUT2D eigenvalue weighted by atomic mass is 16.7. The van der Waals surface area contributed by atoms with Gasteiger partial charge in [0, 0.05) is 23.1 Å². The summed E-state index contributed by atoms with van der Waals surface area (Å²) in [5, 5.41) is 4.38. The number of rotatable bonds is 3. The Hall–Kier alpha value is -2.82. The van der Waals surface area contributed by atoms with E-state index in [9.17, 15) is 0 Å². The van der Waals surface area contributed by atoms with Gasteiger partial charge in [-0.2, -0.15) is 0 Å². The Labute approximate surface area is 134 Å². The lowest BCUT2D eigenvalue weighted by Crippen LogP contribution is -2.03. The van der Waals surface area contributed by atoms with Crippen molar-refractivity contribution in [3.05, 3.63) is 48.3 Å². The summed E-state index contributed by atoms with van der Waals surface area (Å²) in [5.74, 6) is 3.41. The first-order chi connectivity index (χ1) is 11.2. The Morgan fingerprint density at radius 2 is 1.83 bits per heavy atom. The van der Waals surface area contributed by atoms with Crippen molar-refractivity contribution in [3.63, 3.8) is 0 Å². The third-order valence-electron chi connectivity index (χ3n) is 3.77. The molecule has 5 nitrogen and oxygen atoms in total. The van der Waals surface area contributed by atoms with Crippen LogP contribution < -0.4 is 14.8 Å². The second kappa shape index (κ2) is 5.43. The zero-order valence-corrected chi connectivity index (χ0v) is 13.0. The molecule has 0 radical (unpaired) electrons. The Balaban J connectivity index is 1.78. The molecular formula is C18H17N3O2. The third-order valence-corrected chi connectivity index (χ3v) is 3.77. The van der Waals surface area contributed by atoms with Gasteiger partial charge in [0.05, 0.1) is 5.52 Å². The zero-order chi connectivity index (χ0) is 15.8. The number of benzene rings is 2. The van der Waals surface area contributed by atoms with Gasteiger partial charge in [-0.25, -0.2) is 9.97 Å². The SMILES string of the molecule is CC(C)c1nc(Nc2ccc3c(c2)OCO3)c2ccccc2n1. The first-order valence-electron chi connectivity index (χ1n) is 7.64. The van der Waals surface area contributed by atoms with Crippen LogP contribution in [0.4, 0.5) is 11.5 Å². The molecule has 2 aromatic carbocycles. The standard InChI is InChI=1S/C18H17N3O2/c1-11(2)17-20-14-6-4-3-5-13(14)18(21-17)19-12-7-8-15-16(9-12)23-10-22-15/h3-9,11H,10H2,1-2H3,(H,19,20,21). The van der Waals surface area contributed by atoms with Crippen LogP contribution in [0.5, 0.6) is 11.5 Å². The highest BCUT2D eigenvalue weighted by Gasteiger charge is 2.15. The maximum atomic E-state index is 5.43. The van der Waals surface area contributed by atoms with Crippen molar-refractivity contribution in [2.24, 2.45) is 0 Å².